The lowest BCUT2D eigenvalue weighted by Crippen LogP contribution is -2.46. The number of nitrogens with one attached hydrogen (secondary N) is 1. The Morgan fingerprint density at radius 2 is 1.88 bits per heavy atom. The number of carbonyl (C=O) groups is 1. The van der Waals surface area contributed by atoms with Crippen LogP contribution >= 0.6 is 11.3 Å². The molecule has 6 nitrogen and oxygen atoms in total. The minimum atomic E-state index is -0.0451. The van der Waals surface area contributed by atoms with Crippen molar-refractivity contribution in [2.45, 2.75) is 12.8 Å². The first kappa shape index (κ1) is 17.1. The van der Waals surface area contributed by atoms with E-state index in [2.05, 4.69) is 32.2 Å². The number of anilines is 2. The lowest BCUT2D eigenvalue weighted by molar-refractivity contribution is 0.0947. The molecule has 1 amide bonds. The van der Waals surface area contributed by atoms with Crippen LogP contribution in [0.25, 0.3) is 0 Å². The molecule has 1 aliphatic carbocycles. The Morgan fingerprint density at radius 1 is 1.19 bits per heavy atom. The summed E-state index contributed by atoms with van der Waals surface area (Å²) in [5, 5.41) is 5.79. The summed E-state index contributed by atoms with van der Waals surface area (Å²) in [6.07, 6.45) is 2.47. The molecule has 0 bridgehead atoms. The van der Waals surface area contributed by atoms with Gasteiger partial charge in [-0.25, -0.2) is 4.98 Å². The first-order valence-electron chi connectivity index (χ1n) is 9.10. The third-order valence-corrected chi connectivity index (χ3v) is 5.86. The molecule has 0 atom stereocenters. The predicted octanol–water partition coefficient (Wildman–Crippen LogP) is 2.62. The second kappa shape index (κ2) is 7.53. The maximum absolute atomic E-state index is 12.2. The Hall–Kier alpha value is -2.28. The summed E-state index contributed by atoms with van der Waals surface area (Å²) in [4.78, 5) is 21.3. The Kier molecular flexibility index (Phi) is 4.97. The zero-order valence-corrected chi connectivity index (χ0v) is 15.8. The van der Waals surface area contributed by atoms with Crippen LogP contribution in [-0.2, 0) is 0 Å². The van der Waals surface area contributed by atoms with Crippen LogP contribution < -0.4 is 19.9 Å². The monoisotopic (exact) mass is 372 g/mol. The van der Waals surface area contributed by atoms with Gasteiger partial charge in [-0.2, -0.15) is 0 Å². The Morgan fingerprint density at radius 3 is 2.54 bits per heavy atom. The van der Waals surface area contributed by atoms with Gasteiger partial charge in [0, 0.05) is 43.8 Å². The van der Waals surface area contributed by atoms with Crippen LogP contribution in [0.1, 0.15) is 23.3 Å². The van der Waals surface area contributed by atoms with Gasteiger partial charge >= 0.3 is 0 Å². The number of carbonyl (C=O) groups excluding carboxylic acids is 1. The second-order valence-electron chi connectivity index (χ2n) is 6.84. The molecule has 1 aromatic carbocycles. The highest BCUT2D eigenvalue weighted by atomic mass is 32.1. The fraction of sp³-hybridized carbons (Fsp3) is 0.474. The van der Waals surface area contributed by atoms with Crippen LogP contribution in [0.5, 0.6) is 5.75 Å². The van der Waals surface area contributed by atoms with E-state index in [0.717, 1.165) is 43.6 Å². The average Bonchev–Trinajstić information content (AvgIpc) is 3.40. The number of rotatable bonds is 6. The van der Waals surface area contributed by atoms with Crippen LogP contribution in [0.3, 0.4) is 0 Å². The van der Waals surface area contributed by atoms with Gasteiger partial charge in [-0.1, -0.05) is 0 Å². The molecule has 26 heavy (non-hydrogen) atoms. The summed E-state index contributed by atoms with van der Waals surface area (Å²) >= 11 is 1.56. The zero-order valence-electron chi connectivity index (χ0n) is 15.0. The van der Waals surface area contributed by atoms with E-state index in [1.54, 1.807) is 18.4 Å². The number of benzene rings is 1. The van der Waals surface area contributed by atoms with Gasteiger partial charge in [0.1, 0.15) is 11.4 Å². The van der Waals surface area contributed by atoms with Crippen molar-refractivity contribution >= 4 is 28.1 Å². The van der Waals surface area contributed by atoms with E-state index >= 15 is 0 Å². The van der Waals surface area contributed by atoms with Gasteiger partial charge in [0.25, 0.3) is 5.91 Å². The second-order valence-corrected chi connectivity index (χ2v) is 7.68. The van der Waals surface area contributed by atoms with E-state index in [-0.39, 0.29) is 5.91 Å². The maximum atomic E-state index is 12.2. The Balaban J connectivity index is 1.31. The van der Waals surface area contributed by atoms with Crippen LogP contribution in [0.2, 0.25) is 0 Å². The fourth-order valence-corrected chi connectivity index (χ4v) is 3.97. The highest BCUT2D eigenvalue weighted by Gasteiger charge is 2.24. The van der Waals surface area contributed by atoms with Crippen molar-refractivity contribution in [3.63, 3.8) is 0 Å². The van der Waals surface area contributed by atoms with E-state index in [1.165, 1.54) is 18.5 Å². The SMILES string of the molecule is COc1ccc(N2CCN(c3nc(C(=O)NCC4CC4)cs3)CC2)cc1. The van der Waals surface area contributed by atoms with Crippen LogP contribution in [0, 0.1) is 5.92 Å². The summed E-state index contributed by atoms with van der Waals surface area (Å²) in [5.41, 5.74) is 1.76. The van der Waals surface area contributed by atoms with Crippen molar-refractivity contribution in [3.8, 4) is 5.75 Å². The molecule has 1 aromatic heterocycles. The van der Waals surface area contributed by atoms with Crippen LogP contribution in [0.15, 0.2) is 29.6 Å². The average molecular weight is 372 g/mol. The topological polar surface area (TPSA) is 57.7 Å². The summed E-state index contributed by atoms with van der Waals surface area (Å²) in [6, 6.07) is 8.19. The number of amides is 1. The number of aromatic nitrogens is 1. The zero-order chi connectivity index (χ0) is 17.9. The smallest absolute Gasteiger partial charge is 0.270 e. The van der Waals surface area contributed by atoms with Gasteiger partial charge in [0.15, 0.2) is 5.13 Å². The largest absolute Gasteiger partial charge is 0.497 e. The fourth-order valence-electron chi connectivity index (χ4n) is 3.11. The molecule has 2 heterocycles. The summed E-state index contributed by atoms with van der Waals surface area (Å²) in [5.74, 6) is 1.52. The molecule has 1 saturated heterocycles. The first-order valence-corrected chi connectivity index (χ1v) is 9.98. The molecule has 0 radical (unpaired) electrons. The quantitative estimate of drug-likeness (QED) is 0.845. The minimum absolute atomic E-state index is 0.0451. The molecule has 2 fully saturated rings. The normalized spacial score (nSPS) is 17.3. The van der Waals surface area contributed by atoms with E-state index in [0.29, 0.717) is 11.6 Å². The number of ether oxygens (including phenoxy) is 1. The van der Waals surface area contributed by atoms with Crippen molar-refractivity contribution in [2.24, 2.45) is 5.92 Å². The maximum Gasteiger partial charge on any atom is 0.270 e. The van der Waals surface area contributed by atoms with Crippen molar-refractivity contribution < 1.29 is 9.53 Å². The summed E-state index contributed by atoms with van der Waals surface area (Å²) in [6.45, 7) is 4.47. The van der Waals surface area contributed by atoms with Crippen molar-refractivity contribution in [3.05, 3.63) is 35.3 Å². The molecule has 1 N–H and O–H groups in total. The predicted molar refractivity (Wildman–Crippen MR) is 105 cm³/mol. The van der Waals surface area contributed by atoms with Gasteiger partial charge in [0.05, 0.1) is 7.11 Å². The number of nitrogens with zero attached hydrogens (tertiary/aromatic N) is 3. The number of hydrogen-bond acceptors (Lipinski definition) is 6. The molecular formula is C19H24N4O2S. The van der Waals surface area contributed by atoms with Crippen LogP contribution in [0.4, 0.5) is 10.8 Å². The summed E-state index contributed by atoms with van der Waals surface area (Å²) in [7, 11) is 1.68. The molecule has 1 saturated carbocycles. The molecule has 4 rings (SSSR count). The van der Waals surface area contributed by atoms with Gasteiger partial charge in [-0.15, -0.1) is 11.3 Å². The molecule has 0 unspecified atom stereocenters. The minimum Gasteiger partial charge on any atom is -0.497 e. The Labute approximate surface area is 157 Å². The van der Waals surface area contributed by atoms with Gasteiger partial charge < -0.3 is 19.9 Å². The third-order valence-electron chi connectivity index (χ3n) is 4.96. The van der Waals surface area contributed by atoms with E-state index in [9.17, 15) is 4.79 Å². The van der Waals surface area contributed by atoms with Crippen molar-refractivity contribution in [1.29, 1.82) is 0 Å². The molecule has 2 aromatic rings. The lowest BCUT2D eigenvalue weighted by Gasteiger charge is -2.36. The highest BCUT2D eigenvalue weighted by Crippen LogP contribution is 2.28. The van der Waals surface area contributed by atoms with Gasteiger partial charge in [-0.05, 0) is 43.0 Å². The van der Waals surface area contributed by atoms with Crippen LogP contribution in [-0.4, -0.2) is 50.7 Å². The molecule has 2 aliphatic rings. The Bertz CT molecular complexity index is 749. The molecule has 1 aliphatic heterocycles. The number of piperazine rings is 1. The highest BCUT2D eigenvalue weighted by molar-refractivity contribution is 7.13. The molecule has 138 valence electrons. The molecular weight excluding hydrogens is 348 g/mol. The number of hydrogen-bond donors (Lipinski definition) is 1. The standard InChI is InChI=1S/C19H24N4O2S/c1-25-16-6-4-15(5-7-16)22-8-10-23(11-9-22)19-21-17(13-26-19)18(24)20-12-14-2-3-14/h4-7,13-14H,2-3,8-12H2,1H3,(H,20,24). The molecule has 0 spiro atoms. The van der Waals surface area contributed by atoms with E-state index in [4.69, 9.17) is 4.74 Å². The van der Waals surface area contributed by atoms with Crippen molar-refractivity contribution in [2.75, 3.05) is 49.6 Å². The third kappa shape index (κ3) is 3.93. The molecule has 7 heteroatoms. The van der Waals surface area contributed by atoms with E-state index in [1.807, 2.05) is 17.5 Å². The number of thiazole rings is 1. The van der Waals surface area contributed by atoms with Gasteiger partial charge in [0.2, 0.25) is 0 Å². The van der Waals surface area contributed by atoms with Crippen molar-refractivity contribution in [1.82, 2.24) is 10.3 Å². The first-order chi connectivity index (χ1) is 12.7. The summed E-state index contributed by atoms with van der Waals surface area (Å²) < 4.78 is 5.22. The number of methoxy groups -OCH3 is 1. The van der Waals surface area contributed by atoms with E-state index < -0.39 is 0 Å². The lowest BCUT2D eigenvalue weighted by atomic mass is 10.2. The van der Waals surface area contributed by atoms with Gasteiger partial charge in [-0.3, -0.25) is 4.79 Å².